The van der Waals surface area contributed by atoms with E-state index in [2.05, 4.69) is 16.0 Å². The second-order valence-electron chi connectivity index (χ2n) is 8.74. The maximum Gasteiger partial charge on any atom is 0.326 e. The van der Waals surface area contributed by atoms with Gasteiger partial charge < -0.3 is 4.98 Å². The average molecular weight is 470 g/mol. The Labute approximate surface area is 201 Å². The third-order valence-corrected chi connectivity index (χ3v) is 6.39. The summed E-state index contributed by atoms with van der Waals surface area (Å²) in [6.07, 6.45) is 4.25. The van der Waals surface area contributed by atoms with Crippen LogP contribution in [0.2, 0.25) is 0 Å². The van der Waals surface area contributed by atoms with Gasteiger partial charge in [0.15, 0.2) is 0 Å². The lowest BCUT2D eigenvalue weighted by Crippen LogP contribution is -2.17. The van der Waals surface area contributed by atoms with Crippen LogP contribution in [0.15, 0.2) is 95.9 Å². The van der Waals surface area contributed by atoms with Gasteiger partial charge in [0.25, 0.3) is 0 Å². The molecule has 4 nitrogen and oxygen atoms in total. The number of rotatable bonds is 8. The molecular formula is C29H25F2N3O. The van der Waals surface area contributed by atoms with Crippen molar-refractivity contribution in [1.29, 1.82) is 0 Å². The first-order valence-electron chi connectivity index (χ1n) is 11.7. The second-order valence-corrected chi connectivity index (χ2v) is 8.74. The van der Waals surface area contributed by atoms with Crippen molar-refractivity contribution in [2.75, 3.05) is 0 Å². The number of aryl methyl sites for hydroxylation is 1. The summed E-state index contributed by atoms with van der Waals surface area (Å²) in [4.78, 5) is 19.8. The molecule has 1 N–H and O–H groups in total. The Balaban J connectivity index is 1.32. The van der Waals surface area contributed by atoms with E-state index >= 15 is 0 Å². The minimum atomic E-state index is -0.274. The van der Waals surface area contributed by atoms with E-state index in [4.69, 9.17) is 0 Å². The Morgan fingerprint density at radius 1 is 0.857 bits per heavy atom. The Morgan fingerprint density at radius 3 is 2.17 bits per heavy atom. The van der Waals surface area contributed by atoms with E-state index in [1.807, 2.05) is 30.3 Å². The molecule has 0 unspecified atom stereocenters. The Morgan fingerprint density at radius 2 is 1.54 bits per heavy atom. The monoisotopic (exact) mass is 469 g/mol. The summed E-state index contributed by atoms with van der Waals surface area (Å²) < 4.78 is 28.7. The van der Waals surface area contributed by atoms with Crippen LogP contribution in [0.5, 0.6) is 0 Å². The number of nitrogens with one attached hydrogen (secondary N) is 1. The number of imidazole rings is 1. The zero-order chi connectivity index (χ0) is 24.2. The lowest BCUT2D eigenvalue weighted by Gasteiger charge is -2.18. The summed E-state index contributed by atoms with van der Waals surface area (Å²) in [6, 6.07) is 24.8. The number of hydrogen-bond acceptors (Lipinski definition) is 2. The van der Waals surface area contributed by atoms with Gasteiger partial charge in [-0.1, -0.05) is 36.4 Å². The number of aromatic nitrogens is 3. The molecule has 0 saturated heterocycles. The predicted molar refractivity (Wildman–Crippen MR) is 133 cm³/mol. The topological polar surface area (TPSA) is 50.7 Å². The standard InChI is InChI=1S/C29H25F2N3O/c30-23-12-8-21(9-13-23)26(22-10-14-24(31)15-11-22)6-3-4-20-7-16-28-27(18-20)33-29(35)34(28)19-25-5-1-2-17-32-25/h1-2,5,7-18,26H,3-4,6,19H2,(H,33,35). The molecule has 0 radical (unpaired) electrons. The Bertz CT molecular complexity index is 1430. The van der Waals surface area contributed by atoms with Gasteiger partial charge in [-0.3, -0.25) is 9.55 Å². The second kappa shape index (κ2) is 10.1. The van der Waals surface area contributed by atoms with Gasteiger partial charge in [-0.2, -0.15) is 0 Å². The van der Waals surface area contributed by atoms with Crippen molar-refractivity contribution in [1.82, 2.24) is 14.5 Å². The quantitative estimate of drug-likeness (QED) is 0.294. The van der Waals surface area contributed by atoms with Crippen molar-refractivity contribution in [3.8, 4) is 0 Å². The Kier molecular flexibility index (Phi) is 6.53. The molecule has 3 aromatic carbocycles. The summed E-state index contributed by atoms with van der Waals surface area (Å²) in [6.45, 7) is 0.413. The number of halogens is 2. The zero-order valence-electron chi connectivity index (χ0n) is 19.1. The van der Waals surface area contributed by atoms with Gasteiger partial charge in [0.05, 0.1) is 23.3 Å². The van der Waals surface area contributed by atoms with Crippen LogP contribution in [0.4, 0.5) is 8.78 Å². The highest BCUT2D eigenvalue weighted by atomic mass is 19.1. The van der Waals surface area contributed by atoms with Crippen LogP contribution in [-0.2, 0) is 13.0 Å². The highest BCUT2D eigenvalue weighted by molar-refractivity contribution is 5.76. The summed E-state index contributed by atoms with van der Waals surface area (Å²) in [5.74, 6) is -0.507. The van der Waals surface area contributed by atoms with Gasteiger partial charge in [-0.25, -0.2) is 13.6 Å². The average Bonchev–Trinajstić information content (AvgIpc) is 3.18. The number of fused-ring (bicyclic) bond motifs is 1. The van der Waals surface area contributed by atoms with Gasteiger partial charge in [-0.05, 0) is 84.5 Å². The number of aromatic amines is 1. The molecule has 5 rings (SSSR count). The van der Waals surface area contributed by atoms with Gasteiger partial charge in [-0.15, -0.1) is 0 Å². The normalized spacial score (nSPS) is 11.4. The van der Waals surface area contributed by atoms with Crippen LogP contribution >= 0.6 is 0 Å². The smallest absolute Gasteiger partial charge is 0.306 e. The van der Waals surface area contributed by atoms with Crippen LogP contribution in [-0.4, -0.2) is 14.5 Å². The summed E-state index contributed by atoms with van der Waals surface area (Å²) >= 11 is 0. The minimum absolute atomic E-state index is 0.0409. The molecule has 6 heteroatoms. The fraction of sp³-hybridized carbons (Fsp3) is 0.172. The van der Waals surface area contributed by atoms with E-state index in [9.17, 15) is 13.6 Å². The Hall–Kier alpha value is -4.06. The lowest BCUT2D eigenvalue weighted by molar-refractivity contribution is 0.618. The van der Waals surface area contributed by atoms with Crippen LogP contribution in [0.25, 0.3) is 11.0 Å². The van der Waals surface area contributed by atoms with Crippen LogP contribution < -0.4 is 5.69 Å². The summed E-state index contributed by atoms with van der Waals surface area (Å²) in [7, 11) is 0. The van der Waals surface area contributed by atoms with Gasteiger partial charge in [0.1, 0.15) is 11.6 Å². The van der Waals surface area contributed by atoms with Gasteiger partial charge in [0, 0.05) is 12.1 Å². The van der Waals surface area contributed by atoms with E-state index in [1.165, 1.54) is 24.3 Å². The molecule has 0 aliphatic heterocycles. The maximum absolute atomic E-state index is 13.5. The molecule has 176 valence electrons. The first kappa shape index (κ1) is 22.7. The van der Waals surface area contributed by atoms with E-state index < -0.39 is 0 Å². The molecule has 35 heavy (non-hydrogen) atoms. The molecule has 0 bridgehead atoms. The van der Waals surface area contributed by atoms with Crippen molar-refractivity contribution in [2.24, 2.45) is 0 Å². The molecule has 2 aromatic heterocycles. The zero-order valence-corrected chi connectivity index (χ0v) is 19.1. The summed E-state index contributed by atoms with van der Waals surface area (Å²) in [5.41, 5.74) is 5.45. The SMILES string of the molecule is O=c1[nH]c2cc(CCCC(c3ccc(F)cc3)c3ccc(F)cc3)ccc2n1Cc1ccccn1. The minimum Gasteiger partial charge on any atom is -0.306 e. The number of pyridine rings is 1. The summed E-state index contributed by atoms with van der Waals surface area (Å²) in [5, 5.41) is 0. The predicted octanol–water partition coefficient (Wildman–Crippen LogP) is 6.21. The van der Waals surface area contributed by atoms with Gasteiger partial charge >= 0.3 is 5.69 Å². The molecule has 0 atom stereocenters. The molecule has 0 saturated carbocycles. The molecule has 0 aliphatic carbocycles. The van der Waals surface area contributed by atoms with Crippen molar-refractivity contribution in [3.63, 3.8) is 0 Å². The highest BCUT2D eigenvalue weighted by Gasteiger charge is 2.15. The van der Waals surface area contributed by atoms with Crippen molar-refractivity contribution in [2.45, 2.75) is 31.7 Å². The molecule has 0 spiro atoms. The number of benzene rings is 3. The molecule has 0 fully saturated rings. The van der Waals surface area contributed by atoms with E-state index in [1.54, 1.807) is 35.0 Å². The third-order valence-electron chi connectivity index (χ3n) is 6.39. The largest absolute Gasteiger partial charge is 0.326 e. The van der Waals surface area contributed by atoms with E-state index in [-0.39, 0.29) is 23.2 Å². The third kappa shape index (κ3) is 5.22. The number of nitrogens with zero attached hydrogens (tertiary/aromatic N) is 2. The molecule has 2 heterocycles. The van der Waals surface area contributed by atoms with Crippen LogP contribution in [0.3, 0.4) is 0 Å². The fourth-order valence-corrected chi connectivity index (χ4v) is 4.60. The van der Waals surface area contributed by atoms with E-state index in [0.717, 1.165) is 52.7 Å². The molecule has 5 aromatic rings. The van der Waals surface area contributed by atoms with Crippen molar-refractivity contribution in [3.05, 3.63) is 136 Å². The van der Waals surface area contributed by atoms with Gasteiger partial charge in [0.2, 0.25) is 0 Å². The van der Waals surface area contributed by atoms with Crippen LogP contribution in [0, 0.1) is 11.6 Å². The highest BCUT2D eigenvalue weighted by Crippen LogP contribution is 2.30. The number of hydrogen-bond donors (Lipinski definition) is 1. The molecule has 0 amide bonds. The first-order valence-corrected chi connectivity index (χ1v) is 11.7. The molecule has 0 aliphatic rings. The molecular weight excluding hydrogens is 444 g/mol. The van der Waals surface area contributed by atoms with Crippen LogP contribution in [0.1, 0.15) is 41.1 Å². The van der Waals surface area contributed by atoms with Crippen molar-refractivity contribution < 1.29 is 8.78 Å². The van der Waals surface area contributed by atoms with E-state index in [0.29, 0.717) is 6.54 Å². The maximum atomic E-state index is 13.5. The van der Waals surface area contributed by atoms with Crippen molar-refractivity contribution >= 4 is 11.0 Å². The first-order chi connectivity index (χ1) is 17.1. The fourth-order valence-electron chi connectivity index (χ4n) is 4.60. The number of H-pyrrole nitrogens is 1. The lowest BCUT2D eigenvalue weighted by atomic mass is 9.86.